The molecule has 1 spiro atoms. The van der Waals surface area contributed by atoms with Gasteiger partial charge in [-0.1, -0.05) is 0 Å². The Hall–Kier alpha value is -1.20. The molecule has 8 nitrogen and oxygen atoms in total. The van der Waals surface area contributed by atoms with E-state index in [9.17, 15) is 0 Å². The predicted octanol–water partition coefficient (Wildman–Crippen LogP) is 0.904. The molecule has 1 atom stereocenters. The van der Waals surface area contributed by atoms with E-state index in [1.807, 2.05) is 25.5 Å². The summed E-state index contributed by atoms with van der Waals surface area (Å²) in [4.78, 5) is 20.4. The van der Waals surface area contributed by atoms with Gasteiger partial charge in [0, 0.05) is 83.8 Å². The summed E-state index contributed by atoms with van der Waals surface area (Å²) in [7, 11) is 1.89. The normalized spacial score (nSPS) is 26.0. The van der Waals surface area contributed by atoms with Gasteiger partial charge in [0.05, 0.1) is 6.61 Å². The third kappa shape index (κ3) is 5.04. The number of nitrogens with one attached hydrogen (secondary N) is 1. The molecule has 3 saturated heterocycles. The molecular formula is C19H32IN7O. The standard InChI is InChI=1S/C19H31N7O.HI/c1-20-17(26-8-3-19(15-26)4-14-27-16-19)23-7-9-24-10-12-25(13-11-24)18-21-5-2-6-22-18;/h2,5-6H,3-4,7-16H2,1H3,(H,20,23);1H. The van der Waals surface area contributed by atoms with E-state index in [4.69, 9.17) is 4.74 Å². The monoisotopic (exact) mass is 501 g/mol. The second-order valence-corrected chi connectivity index (χ2v) is 7.83. The summed E-state index contributed by atoms with van der Waals surface area (Å²) in [5.41, 5.74) is 0.369. The highest BCUT2D eigenvalue weighted by atomic mass is 127. The van der Waals surface area contributed by atoms with Gasteiger partial charge in [-0.2, -0.15) is 0 Å². The lowest BCUT2D eigenvalue weighted by Gasteiger charge is -2.35. The van der Waals surface area contributed by atoms with Crippen molar-refractivity contribution in [1.29, 1.82) is 0 Å². The van der Waals surface area contributed by atoms with Crippen LogP contribution >= 0.6 is 24.0 Å². The fraction of sp³-hybridized carbons (Fsp3) is 0.737. The number of rotatable bonds is 4. The van der Waals surface area contributed by atoms with Crippen LogP contribution in [0.1, 0.15) is 12.8 Å². The van der Waals surface area contributed by atoms with Gasteiger partial charge in [0.2, 0.25) is 5.95 Å². The Morgan fingerprint density at radius 1 is 1.18 bits per heavy atom. The molecule has 0 bridgehead atoms. The zero-order valence-corrected chi connectivity index (χ0v) is 19.0. The van der Waals surface area contributed by atoms with Crippen molar-refractivity contribution in [1.82, 2.24) is 25.1 Å². The summed E-state index contributed by atoms with van der Waals surface area (Å²) >= 11 is 0. The topological polar surface area (TPSA) is 69.1 Å². The smallest absolute Gasteiger partial charge is 0.225 e. The Bertz CT molecular complexity index is 630. The second kappa shape index (κ2) is 10.0. The van der Waals surface area contributed by atoms with Crippen LogP contribution in [-0.4, -0.2) is 98.3 Å². The van der Waals surface area contributed by atoms with Gasteiger partial charge in [0.1, 0.15) is 0 Å². The Morgan fingerprint density at radius 3 is 2.64 bits per heavy atom. The number of hydrogen-bond donors (Lipinski definition) is 1. The zero-order chi connectivity index (χ0) is 18.5. The Morgan fingerprint density at radius 2 is 1.96 bits per heavy atom. The van der Waals surface area contributed by atoms with Crippen LogP contribution in [0.3, 0.4) is 0 Å². The first-order valence-electron chi connectivity index (χ1n) is 10.1. The van der Waals surface area contributed by atoms with Crippen LogP contribution in [0, 0.1) is 5.41 Å². The first kappa shape index (κ1) is 21.5. The molecule has 3 fully saturated rings. The van der Waals surface area contributed by atoms with E-state index in [1.54, 1.807) is 0 Å². The van der Waals surface area contributed by atoms with Crippen molar-refractivity contribution in [3.05, 3.63) is 18.5 Å². The van der Waals surface area contributed by atoms with Crippen molar-refractivity contribution in [3.63, 3.8) is 0 Å². The van der Waals surface area contributed by atoms with E-state index >= 15 is 0 Å². The van der Waals surface area contributed by atoms with Crippen molar-refractivity contribution in [3.8, 4) is 0 Å². The highest BCUT2D eigenvalue weighted by molar-refractivity contribution is 14.0. The molecule has 1 N–H and O–H groups in total. The molecule has 1 unspecified atom stereocenters. The molecule has 0 saturated carbocycles. The molecule has 4 rings (SSSR count). The lowest BCUT2D eigenvalue weighted by Crippen LogP contribution is -2.50. The van der Waals surface area contributed by atoms with Crippen LogP contribution in [0.5, 0.6) is 0 Å². The first-order valence-corrected chi connectivity index (χ1v) is 10.1. The molecular weight excluding hydrogens is 469 g/mol. The number of aromatic nitrogens is 2. The van der Waals surface area contributed by atoms with Crippen LogP contribution in [-0.2, 0) is 4.74 Å². The quantitative estimate of drug-likeness (QED) is 0.374. The van der Waals surface area contributed by atoms with Crippen molar-refractivity contribution >= 4 is 35.9 Å². The van der Waals surface area contributed by atoms with Crippen LogP contribution in [0.4, 0.5) is 5.95 Å². The molecule has 0 aliphatic carbocycles. The summed E-state index contributed by atoms with van der Waals surface area (Å²) in [6.07, 6.45) is 6.03. The minimum absolute atomic E-state index is 0. The van der Waals surface area contributed by atoms with Crippen LogP contribution in [0.2, 0.25) is 0 Å². The number of anilines is 1. The third-order valence-corrected chi connectivity index (χ3v) is 6.05. The molecule has 9 heteroatoms. The van der Waals surface area contributed by atoms with E-state index in [0.29, 0.717) is 5.41 Å². The Balaban J connectivity index is 0.00000225. The van der Waals surface area contributed by atoms with E-state index in [2.05, 4.69) is 35.0 Å². The summed E-state index contributed by atoms with van der Waals surface area (Å²) in [5, 5.41) is 3.56. The Kier molecular flexibility index (Phi) is 7.69. The molecule has 0 amide bonds. The maximum atomic E-state index is 5.64. The number of piperazine rings is 1. The predicted molar refractivity (Wildman–Crippen MR) is 122 cm³/mol. The van der Waals surface area contributed by atoms with Crippen molar-refractivity contribution in [2.75, 3.05) is 77.5 Å². The van der Waals surface area contributed by atoms with Gasteiger partial charge >= 0.3 is 0 Å². The maximum absolute atomic E-state index is 5.64. The number of likely N-dealkylation sites (tertiary alicyclic amines) is 1. The van der Waals surface area contributed by atoms with Gasteiger partial charge in [-0.05, 0) is 18.9 Å². The minimum Gasteiger partial charge on any atom is -0.381 e. The van der Waals surface area contributed by atoms with Gasteiger partial charge in [-0.25, -0.2) is 9.97 Å². The maximum Gasteiger partial charge on any atom is 0.225 e. The molecule has 3 aliphatic heterocycles. The van der Waals surface area contributed by atoms with Crippen molar-refractivity contribution < 1.29 is 4.74 Å². The zero-order valence-electron chi connectivity index (χ0n) is 16.7. The molecule has 3 aliphatic rings. The number of guanidine groups is 1. The number of aliphatic imine (C=N–C) groups is 1. The summed E-state index contributed by atoms with van der Waals surface area (Å²) in [6, 6.07) is 1.86. The molecule has 4 heterocycles. The number of halogens is 1. The van der Waals surface area contributed by atoms with E-state index in [0.717, 1.165) is 77.5 Å². The van der Waals surface area contributed by atoms with Crippen molar-refractivity contribution in [2.45, 2.75) is 12.8 Å². The van der Waals surface area contributed by atoms with Crippen LogP contribution < -0.4 is 10.2 Å². The second-order valence-electron chi connectivity index (χ2n) is 7.83. The van der Waals surface area contributed by atoms with E-state index in [-0.39, 0.29) is 24.0 Å². The van der Waals surface area contributed by atoms with Gasteiger partial charge in [-0.3, -0.25) is 9.89 Å². The van der Waals surface area contributed by atoms with Gasteiger partial charge in [0.25, 0.3) is 0 Å². The largest absolute Gasteiger partial charge is 0.381 e. The van der Waals surface area contributed by atoms with Crippen LogP contribution in [0.15, 0.2) is 23.5 Å². The van der Waals surface area contributed by atoms with Gasteiger partial charge in [-0.15, -0.1) is 24.0 Å². The average molecular weight is 501 g/mol. The minimum atomic E-state index is 0. The number of nitrogens with zero attached hydrogens (tertiary/aromatic N) is 6. The number of ether oxygens (including phenoxy) is 1. The van der Waals surface area contributed by atoms with E-state index in [1.165, 1.54) is 12.8 Å². The molecule has 1 aromatic heterocycles. The Labute approximate surface area is 184 Å². The molecule has 0 radical (unpaired) electrons. The highest BCUT2D eigenvalue weighted by Gasteiger charge is 2.42. The third-order valence-electron chi connectivity index (χ3n) is 6.05. The molecule has 156 valence electrons. The highest BCUT2D eigenvalue weighted by Crippen LogP contribution is 2.38. The molecule has 1 aromatic rings. The van der Waals surface area contributed by atoms with Gasteiger partial charge in [0.15, 0.2) is 5.96 Å². The van der Waals surface area contributed by atoms with Gasteiger partial charge < -0.3 is 19.9 Å². The SMILES string of the molecule is CN=C(NCCN1CCN(c2ncccn2)CC1)N1CCC2(CCOC2)C1.I. The lowest BCUT2D eigenvalue weighted by molar-refractivity contribution is 0.156. The summed E-state index contributed by atoms with van der Waals surface area (Å²) in [6.45, 7) is 9.99. The number of hydrogen-bond acceptors (Lipinski definition) is 6. The summed E-state index contributed by atoms with van der Waals surface area (Å²) in [5.74, 6) is 1.88. The first-order chi connectivity index (χ1) is 13.3. The molecule has 28 heavy (non-hydrogen) atoms. The molecule has 0 aromatic carbocycles. The lowest BCUT2D eigenvalue weighted by atomic mass is 9.87. The fourth-order valence-corrected chi connectivity index (χ4v) is 4.37. The fourth-order valence-electron chi connectivity index (χ4n) is 4.37. The summed E-state index contributed by atoms with van der Waals surface area (Å²) < 4.78 is 5.64. The van der Waals surface area contributed by atoms with E-state index < -0.39 is 0 Å². The average Bonchev–Trinajstić information content (AvgIpc) is 3.36. The van der Waals surface area contributed by atoms with Crippen molar-refractivity contribution in [2.24, 2.45) is 10.4 Å². The van der Waals surface area contributed by atoms with Crippen LogP contribution in [0.25, 0.3) is 0 Å².